The maximum absolute atomic E-state index is 11.9. The van der Waals surface area contributed by atoms with E-state index < -0.39 is 12.1 Å². The summed E-state index contributed by atoms with van der Waals surface area (Å²) in [5.74, 6) is 0.487. The van der Waals surface area contributed by atoms with Gasteiger partial charge in [0.05, 0.1) is 13.2 Å². The minimum atomic E-state index is -0.813. The third-order valence-corrected chi connectivity index (χ3v) is 3.85. The van der Waals surface area contributed by atoms with Crippen molar-refractivity contribution in [2.24, 2.45) is 5.73 Å². The van der Waals surface area contributed by atoms with Crippen LogP contribution in [0.4, 0.5) is 4.79 Å². The molecule has 0 unspecified atom stereocenters. The number of nitrogens with zero attached hydrogens (tertiary/aromatic N) is 1. The zero-order chi connectivity index (χ0) is 15.4. The number of benzene rings is 1. The first-order chi connectivity index (χ1) is 10.0. The number of aryl methyl sites for hydroxylation is 1. The summed E-state index contributed by atoms with van der Waals surface area (Å²) in [5, 5.41) is 2.14. The molecule has 114 valence electrons. The number of carbonyl (C=O) groups excluding carboxylic acids is 2. The van der Waals surface area contributed by atoms with E-state index in [0.29, 0.717) is 6.54 Å². The van der Waals surface area contributed by atoms with E-state index in [9.17, 15) is 9.59 Å². The number of methoxy groups -OCH3 is 1. The summed E-state index contributed by atoms with van der Waals surface area (Å²) in [4.78, 5) is 24.7. The minimum Gasteiger partial charge on any atom is -0.497 e. The molecule has 3 N–H and O–H groups in total. The molecule has 6 heteroatoms. The number of imide groups is 1. The second kappa shape index (κ2) is 6.58. The van der Waals surface area contributed by atoms with Crippen molar-refractivity contribution in [3.63, 3.8) is 0 Å². The van der Waals surface area contributed by atoms with E-state index in [2.05, 4.69) is 10.2 Å². The van der Waals surface area contributed by atoms with Gasteiger partial charge in [0, 0.05) is 6.54 Å². The molecule has 1 aromatic carbocycles. The largest absolute Gasteiger partial charge is 0.497 e. The van der Waals surface area contributed by atoms with Crippen LogP contribution >= 0.6 is 0 Å². The molecule has 3 amide bonds. The zero-order valence-corrected chi connectivity index (χ0v) is 12.4. The van der Waals surface area contributed by atoms with E-state index in [4.69, 9.17) is 10.5 Å². The maximum atomic E-state index is 11.9. The predicted molar refractivity (Wildman–Crippen MR) is 78.9 cm³/mol. The first-order valence-electron chi connectivity index (χ1n) is 7.01. The van der Waals surface area contributed by atoms with Gasteiger partial charge in [-0.25, -0.2) is 4.79 Å². The Bertz CT molecular complexity index is 545. The zero-order valence-electron chi connectivity index (χ0n) is 12.4. The van der Waals surface area contributed by atoms with Gasteiger partial charge >= 0.3 is 6.03 Å². The number of nitrogens with two attached hydrogens (primary N) is 1. The van der Waals surface area contributed by atoms with Crippen LogP contribution in [0, 0.1) is 0 Å². The second-order valence-corrected chi connectivity index (χ2v) is 5.24. The molecule has 1 aromatic rings. The number of nitrogens with one attached hydrogen (secondary N) is 1. The lowest BCUT2D eigenvalue weighted by molar-refractivity contribution is -0.124. The molecular weight excluding hydrogens is 270 g/mol. The smallest absolute Gasteiger partial charge is 0.318 e. The van der Waals surface area contributed by atoms with Crippen molar-refractivity contribution in [3.05, 3.63) is 29.3 Å². The fourth-order valence-corrected chi connectivity index (χ4v) is 2.61. The predicted octanol–water partition coefficient (Wildman–Crippen LogP) is 1.03. The van der Waals surface area contributed by atoms with E-state index in [0.717, 1.165) is 25.1 Å². The molecule has 0 fully saturated rings. The number of amides is 3. The highest BCUT2D eigenvalue weighted by Gasteiger charge is 2.24. The Morgan fingerprint density at radius 2 is 2.14 bits per heavy atom. The van der Waals surface area contributed by atoms with E-state index in [1.165, 1.54) is 11.1 Å². The van der Waals surface area contributed by atoms with Crippen LogP contribution in [0.3, 0.4) is 0 Å². The van der Waals surface area contributed by atoms with Crippen molar-refractivity contribution in [3.8, 4) is 5.75 Å². The van der Waals surface area contributed by atoms with Crippen molar-refractivity contribution in [1.29, 1.82) is 0 Å². The van der Waals surface area contributed by atoms with Crippen LogP contribution < -0.4 is 15.8 Å². The topological polar surface area (TPSA) is 84.7 Å². The Morgan fingerprint density at radius 1 is 1.38 bits per heavy atom. The van der Waals surface area contributed by atoms with Gasteiger partial charge in [-0.05, 0) is 49.6 Å². The molecule has 0 bridgehead atoms. The summed E-state index contributed by atoms with van der Waals surface area (Å²) >= 11 is 0. The van der Waals surface area contributed by atoms with Crippen LogP contribution in [-0.4, -0.2) is 36.5 Å². The number of primary amides is 1. The summed E-state index contributed by atoms with van der Waals surface area (Å²) in [7, 11) is 1.65. The van der Waals surface area contributed by atoms with Crippen molar-refractivity contribution >= 4 is 11.9 Å². The monoisotopic (exact) mass is 291 g/mol. The quantitative estimate of drug-likeness (QED) is 0.871. The van der Waals surface area contributed by atoms with Crippen molar-refractivity contribution < 1.29 is 14.3 Å². The van der Waals surface area contributed by atoms with Crippen LogP contribution in [-0.2, 0) is 17.8 Å². The van der Waals surface area contributed by atoms with Gasteiger partial charge in [-0.1, -0.05) is 6.07 Å². The SMILES string of the molecule is COc1ccc2c(c1)CCCN([C@@H](C)C(=O)NC(N)=O)C2. The summed E-state index contributed by atoms with van der Waals surface area (Å²) in [6.45, 7) is 3.25. The molecule has 1 aliphatic heterocycles. The summed E-state index contributed by atoms with van der Waals surface area (Å²) < 4.78 is 5.25. The van der Waals surface area contributed by atoms with Gasteiger partial charge in [0.15, 0.2) is 0 Å². The van der Waals surface area contributed by atoms with Gasteiger partial charge in [0.25, 0.3) is 0 Å². The minimum absolute atomic E-state index is 0.362. The lowest BCUT2D eigenvalue weighted by atomic mass is 10.0. The number of hydrogen-bond acceptors (Lipinski definition) is 4. The Morgan fingerprint density at radius 3 is 2.81 bits per heavy atom. The Hall–Kier alpha value is -2.08. The van der Waals surface area contributed by atoms with Crippen LogP contribution in [0.15, 0.2) is 18.2 Å². The van der Waals surface area contributed by atoms with Crippen LogP contribution in [0.25, 0.3) is 0 Å². The van der Waals surface area contributed by atoms with Crippen molar-refractivity contribution in [1.82, 2.24) is 10.2 Å². The molecule has 1 atom stereocenters. The normalized spacial score (nSPS) is 16.5. The highest BCUT2D eigenvalue weighted by molar-refractivity contribution is 5.96. The molecule has 0 saturated carbocycles. The number of carbonyl (C=O) groups is 2. The van der Waals surface area contributed by atoms with Crippen LogP contribution in [0.5, 0.6) is 5.75 Å². The molecular formula is C15H21N3O3. The first kappa shape index (κ1) is 15.3. The van der Waals surface area contributed by atoms with E-state index >= 15 is 0 Å². The Labute approximate surface area is 124 Å². The fourth-order valence-electron chi connectivity index (χ4n) is 2.61. The molecule has 0 aliphatic carbocycles. The standard InChI is InChI=1S/C15H21N3O3/c1-10(14(19)17-15(16)20)18-7-3-4-11-8-13(21-2)6-5-12(11)9-18/h5-6,8,10H,3-4,7,9H2,1-2H3,(H3,16,17,19,20)/t10-/m0/s1. The Kier molecular flexibility index (Phi) is 4.80. The molecule has 0 radical (unpaired) electrons. The van der Waals surface area contributed by atoms with Gasteiger partial charge in [-0.3, -0.25) is 15.0 Å². The number of urea groups is 1. The Balaban J connectivity index is 2.13. The van der Waals surface area contributed by atoms with Gasteiger partial charge in [0.2, 0.25) is 5.91 Å². The van der Waals surface area contributed by atoms with Crippen molar-refractivity contribution in [2.45, 2.75) is 32.4 Å². The number of ether oxygens (including phenoxy) is 1. The molecule has 0 saturated heterocycles. The van der Waals surface area contributed by atoms with Gasteiger partial charge in [-0.2, -0.15) is 0 Å². The lowest BCUT2D eigenvalue weighted by Crippen LogP contribution is -2.48. The second-order valence-electron chi connectivity index (χ2n) is 5.24. The molecule has 0 aromatic heterocycles. The lowest BCUT2D eigenvalue weighted by Gasteiger charge is -2.26. The van der Waals surface area contributed by atoms with Crippen LogP contribution in [0.2, 0.25) is 0 Å². The average Bonchev–Trinajstić information content (AvgIpc) is 2.66. The summed E-state index contributed by atoms with van der Waals surface area (Å²) in [6, 6.07) is 4.80. The fraction of sp³-hybridized carbons (Fsp3) is 0.467. The number of rotatable bonds is 3. The third kappa shape index (κ3) is 3.72. The molecule has 0 spiro atoms. The van der Waals surface area contributed by atoms with E-state index in [-0.39, 0.29) is 5.91 Å². The summed E-state index contributed by atoms with van der Waals surface area (Å²) in [6.07, 6.45) is 1.90. The van der Waals surface area contributed by atoms with Gasteiger partial charge in [-0.15, -0.1) is 0 Å². The highest BCUT2D eigenvalue weighted by Crippen LogP contribution is 2.24. The molecule has 21 heavy (non-hydrogen) atoms. The van der Waals surface area contributed by atoms with E-state index in [1.807, 2.05) is 18.2 Å². The number of hydrogen-bond donors (Lipinski definition) is 2. The maximum Gasteiger partial charge on any atom is 0.318 e. The van der Waals surface area contributed by atoms with Crippen LogP contribution in [0.1, 0.15) is 24.5 Å². The van der Waals surface area contributed by atoms with Gasteiger partial charge in [0.1, 0.15) is 5.75 Å². The van der Waals surface area contributed by atoms with Crippen molar-refractivity contribution in [2.75, 3.05) is 13.7 Å². The molecule has 1 heterocycles. The molecule has 6 nitrogen and oxygen atoms in total. The first-order valence-corrected chi connectivity index (χ1v) is 7.01. The molecule has 2 rings (SSSR count). The summed E-state index contributed by atoms with van der Waals surface area (Å²) in [5.41, 5.74) is 7.43. The van der Waals surface area contributed by atoms with E-state index in [1.54, 1.807) is 14.0 Å². The highest BCUT2D eigenvalue weighted by atomic mass is 16.5. The third-order valence-electron chi connectivity index (χ3n) is 3.85. The molecule has 1 aliphatic rings. The van der Waals surface area contributed by atoms with Gasteiger partial charge < -0.3 is 10.5 Å². The number of fused-ring (bicyclic) bond motifs is 1. The average molecular weight is 291 g/mol.